The molecule has 0 unspecified atom stereocenters. The number of piperazine rings is 1. The molecule has 1 N–H and O–H groups in total. The summed E-state index contributed by atoms with van der Waals surface area (Å²) in [4.78, 5) is 18.4. The Labute approximate surface area is 161 Å². The second kappa shape index (κ2) is 12.4. The van der Waals surface area contributed by atoms with Gasteiger partial charge in [0.2, 0.25) is 0 Å². The summed E-state index contributed by atoms with van der Waals surface area (Å²) in [7, 11) is 2.10. The number of carbonyl (C=O) groups is 1. The van der Waals surface area contributed by atoms with Crippen molar-refractivity contribution in [3.63, 3.8) is 0 Å². The van der Waals surface area contributed by atoms with Crippen LogP contribution in [-0.4, -0.2) is 99.0 Å². The SMILES string of the molecule is CC(C)N(C)CCCCNC(=O)N1CCN(CCCOCC(F)(F)F)CC1. The molecular formula is C18H35F3N4O2. The van der Waals surface area contributed by atoms with Crippen LogP contribution >= 0.6 is 0 Å². The molecule has 9 heteroatoms. The number of ether oxygens (including phenoxy) is 1. The number of carbonyl (C=O) groups excluding carboxylic acids is 1. The molecule has 0 radical (unpaired) electrons. The summed E-state index contributed by atoms with van der Waals surface area (Å²) in [5, 5.41) is 2.97. The molecule has 6 nitrogen and oxygen atoms in total. The first-order valence-electron chi connectivity index (χ1n) is 9.79. The maximum Gasteiger partial charge on any atom is 0.411 e. The van der Waals surface area contributed by atoms with E-state index >= 15 is 0 Å². The van der Waals surface area contributed by atoms with Crippen LogP contribution < -0.4 is 5.32 Å². The molecule has 1 aliphatic heterocycles. The summed E-state index contributed by atoms with van der Waals surface area (Å²) < 4.78 is 40.5. The molecule has 0 spiro atoms. The zero-order valence-electron chi connectivity index (χ0n) is 16.9. The largest absolute Gasteiger partial charge is 0.411 e. The fourth-order valence-electron chi connectivity index (χ4n) is 2.80. The van der Waals surface area contributed by atoms with Crippen LogP contribution in [0.15, 0.2) is 0 Å². The van der Waals surface area contributed by atoms with E-state index in [0.717, 1.165) is 32.5 Å². The first-order valence-corrected chi connectivity index (χ1v) is 9.79. The number of amides is 2. The van der Waals surface area contributed by atoms with Gasteiger partial charge >= 0.3 is 12.2 Å². The van der Waals surface area contributed by atoms with Crippen LogP contribution in [0, 0.1) is 0 Å². The van der Waals surface area contributed by atoms with Gasteiger partial charge in [0, 0.05) is 51.9 Å². The average Bonchev–Trinajstić information content (AvgIpc) is 2.60. The van der Waals surface area contributed by atoms with E-state index in [4.69, 9.17) is 0 Å². The lowest BCUT2D eigenvalue weighted by atomic mass is 10.2. The van der Waals surface area contributed by atoms with E-state index in [2.05, 4.69) is 40.7 Å². The lowest BCUT2D eigenvalue weighted by molar-refractivity contribution is -0.174. The minimum Gasteiger partial charge on any atom is -0.372 e. The number of nitrogens with one attached hydrogen (secondary N) is 1. The molecule has 0 aromatic heterocycles. The Hall–Kier alpha value is -1.06. The van der Waals surface area contributed by atoms with Crippen LogP contribution in [0.5, 0.6) is 0 Å². The molecule has 0 aliphatic carbocycles. The molecule has 0 aromatic rings. The molecule has 0 bridgehead atoms. The molecule has 0 atom stereocenters. The quantitative estimate of drug-likeness (QED) is 0.545. The number of urea groups is 1. The third-order valence-corrected chi connectivity index (χ3v) is 4.78. The number of hydrogen-bond acceptors (Lipinski definition) is 4. The standard InChI is InChI=1S/C18H35F3N4O2/c1-16(2)23(3)8-5-4-7-22-17(26)25-12-10-24(11-13-25)9-6-14-27-15-18(19,20)21/h16H,4-15H2,1-3H3,(H,22,26). The molecule has 1 aliphatic rings. The van der Waals surface area contributed by atoms with E-state index in [1.165, 1.54) is 0 Å². The maximum atomic E-state index is 12.2. The van der Waals surface area contributed by atoms with Crippen molar-refractivity contribution in [1.82, 2.24) is 20.0 Å². The topological polar surface area (TPSA) is 48.1 Å². The monoisotopic (exact) mass is 396 g/mol. The zero-order valence-corrected chi connectivity index (χ0v) is 16.9. The van der Waals surface area contributed by atoms with Crippen molar-refractivity contribution < 1.29 is 22.7 Å². The second-order valence-electron chi connectivity index (χ2n) is 7.36. The summed E-state index contributed by atoms with van der Waals surface area (Å²) in [6.45, 7) is 8.42. The number of unbranched alkanes of at least 4 members (excludes halogenated alkanes) is 1. The van der Waals surface area contributed by atoms with E-state index < -0.39 is 12.8 Å². The Balaban J connectivity index is 2.04. The zero-order chi connectivity index (χ0) is 20.3. The number of nitrogens with zero attached hydrogens (tertiary/aromatic N) is 3. The van der Waals surface area contributed by atoms with Gasteiger partial charge in [0.15, 0.2) is 0 Å². The van der Waals surface area contributed by atoms with Crippen molar-refractivity contribution in [2.75, 3.05) is 66.1 Å². The maximum absolute atomic E-state index is 12.2. The Morgan fingerprint density at radius 1 is 1.15 bits per heavy atom. The van der Waals surface area contributed by atoms with E-state index in [9.17, 15) is 18.0 Å². The van der Waals surface area contributed by atoms with Crippen molar-refractivity contribution in [2.24, 2.45) is 0 Å². The number of halogens is 3. The first kappa shape index (κ1) is 24.0. The van der Waals surface area contributed by atoms with Gasteiger partial charge in [-0.1, -0.05) is 0 Å². The fraction of sp³-hybridized carbons (Fsp3) is 0.944. The van der Waals surface area contributed by atoms with Crippen LogP contribution in [0.25, 0.3) is 0 Å². The highest BCUT2D eigenvalue weighted by molar-refractivity contribution is 5.74. The molecular weight excluding hydrogens is 361 g/mol. The predicted octanol–water partition coefficient (Wildman–Crippen LogP) is 2.40. The number of alkyl halides is 3. The van der Waals surface area contributed by atoms with Crippen molar-refractivity contribution >= 4 is 6.03 Å². The van der Waals surface area contributed by atoms with Gasteiger partial charge in [0.05, 0.1) is 0 Å². The van der Waals surface area contributed by atoms with Gasteiger partial charge in [-0.3, -0.25) is 4.90 Å². The number of rotatable bonds is 11. The van der Waals surface area contributed by atoms with Gasteiger partial charge in [0.1, 0.15) is 6.61 Å². The molecule has 1 fully saturated rings. The van der Waals surface area contributed by atoms with Gasteiger partial charge in [-0.25, -0.2) is 4.79 Å². The Morgan fingerprint density at radius 3 is 2.41 bits per heavy atom. The molecule has 2 amide bonds. The summed E-state index contributed by atoms with van der Waals surface area (Å²) in [5.74, 6) is 0. The van der Waals surface area contributed by atoms with Crippen LogP contribution in [0.1, 0.15) is 33.1 Å². The average molecular weight is 396 g/mol. The Bertz CT molecular complexity index is 414. The minimum atomic E-state index is -4.26. The summed E-state index contributed by atoms with van der Waals surface area (Å²) >= 11 is 0. The van der Waals surface area contributed by atoms with Crippen LogP contribution in [0.4, 0.5) is 18.0 Å². The van der Waals surface area contributed by atoms with Gasteiger partial charge < -0.3 is 19.9 Å². The lowest BCUT2D eigenvalue weighted by Crippen LogP contribution is -2.52. The predicted molar refractivity (Wildman–Crippen MR) is 99.9 cm³/mol. The summed E-state index contributed by atoms with van der Waals surface area (Å²) in [6, 6.07) is 0.507. The fourth-order valence-corrected chi connectivity index (χ4v) is 2.80. The third kappa shape index (κ3) is 11.4. The molecule has 1 heterocycles. The smallest absolute Gasteiger partial charge is 0.372 e. The van der Waals surface area contributed by atoms with E-state index in [-0.39, 0.29) is 12.6 Å². The summed E-state index contributed by atoms with van der Waals surface area (Å²) in [5.41, 5.74) is 0. The molecule has 160 valence electrons. The lowest BCUT2D eigenvalue weighted by Gasteiger charge is -2.34. The van der Waals surface area contributed by atoms with Gasteiger partial charge in [0.25, 0.3) is 0 Å². The van der Waals surface area contributed by atoms with Crippen molar-refractivity contribution in [3.05, 3.63) is 0 Å². The van der Waals surface area contributed by atoms with E-state index in [0.29, 0.717) is 38.6 Å². The van der Waals surface area contributed by atoms with Crippen LogP contribution in [0.2, 0.25) is 0 Å². The summed E-state index contributed by atoms with van der Waals surface area (Å²) in [6.07, 6.45) is -1.68. The molecule has 1 rings (SSSR count). The second-order valence-corrected chi connectivity index (χ2v) is 7.36. The van der Waals surface area contributed by atoms with Crippen LogP contribution in [0.3, 0.4) is 0 Å². The minimum absolute atomic E-state index is 0.0274. The van der Waals surface area contributed by atoms with Crippen molar-refractivity contribution in [3.8, 4) is 0 Å². The molecule has 27 heavy (non-hydrogen) atoms. The third-order valence-electron chi connectivity index (χ3n) is 4.78. The highest BCUT2D eigenvalue weighted by Gasteiger charge is 2.27. The molecule has 1 saturated heterocycles. The molecule has 0 aromatic carbocycles. The van der Waals surface area contributed by atoms with Crippen molar-refractivity contribution in [1.29, 1.82) is 0 Å². The van der Waals surface area contributed by atoms with Gasteiger partial charge in [-0.2, -0.15) is 13.2 Å². The Morgan fingerprint density at radius 2 is 1.81 bits per heavy atom. The van der Waals surface area contributed by atoms with Gasteiger partial charge in [-0.05, 0) is 46.7 Å². The highest BCUT2D eigenvalue weighted by atomic mass is 19.4. The Kier molecular flexibility index (Phi) is 11.0. The van der Waals surface area contributed by atoms with Crippen LogP contribution in [-0.2, 0) is 4.74 Å². The highest BCUT2D eigenvalue weighted by Crippen LogP contribution is 2.14. The molecule has 0 saturated carbocycles. The van der Waals surface area contributed by atoms with E-state index in [1.807, 2.05) is 0 Å². The van der Waals surface area contributed by atoms with E-state index in [1.54, 1.807) is 4.90 Å². The normalized spacial score (nSPS) is 16.4. The number of hydrogen-bond donors (Lipinski definition) is 1. The first-order chi connectivity index (χ1) is 12.7. The van der Waals surface area contributed by atoms with Crippen molar-refractivity contribution in [2.45, 2.75) is 45.3 Å². The van der Waals surface area contributed by atoms with Gasteiger partial charge in [-0.15, -0.1) is 0 Å².